The molecule has 2 amide bonds. The Hall–Kier alpha value is -2.69. The van der Waals surface area contributed by atoms with Crippen molar-refractivity contribution in [2.24, 2.45) is 0 Å². The smallest absolute Gasteiger partial charge is 0.242 e. The number of carbonyl (C=O) groups excluding carboxylic acids is 2. The van der Waals surface area contributed by atoms with Gasteiger partial charge in [-0.1, -0.05) is 48.0 Å². The lowest BCUT2D eigenvalue weighted by molar-refractivity contribution is -0.139. The molecule has 0 aromatic heterocycles. The van der Waals surface area contributed by atoms with Gasteiger partial charge in [-0.2, -0.15) is 0 Å². The first-order valence-electron chi connectivity index (χ1n) is 8.22. The molecule has 0 saturated carbocycles. The molecule has 25 heavy (non-hydrogen) atoms. The predicted octanol–water partition coefficient (Wildman–Crippen LogP) is 2.84. The molecule has 0 fully saturated rings. The Morgan fingerprint density at radius 2 is 1.88 bits per heavy atom. The number of aryl methyl sites for hydroxylation is 1. The molecule has 0 heterocycles. The van der Waals surface area contributed by atoms with Crippen molar-refractivity contribution in [3.63, 3.8) is 0 Å². The molecule has 1 atom stereocenters. The lowest BCUT2D eigenvalue weighted by atomic mass is 10.1. The van der Waals surface area contributed by atoms with Gasteiger partial charge >= 0.3 is 0 Å². The third-order valence-corrected chi connectivity index (χ3v) is 4.15. The van der Waals surface area contributed by atoms with E-state index in [9.17, 15) is 14.0 Å². The Morgan fingerprint density at radius 3 is 2.52 bits per heavy atom. The minimum absolute atomic E-state index is 0.0835. The number of hydrogen-bond acceptors (Lipinski definition) is 2. The lowest BCUT2D eigenvalue weighted by Crippen LogP contribution is -2.47. The maximum Gasteiger partial charge on any atom is 0.242 e. The van der Waals surface area contributed by atoms with Gasteiger partial charge in [-0.15, -0.1) is 0 Å². The van der Waals surface area contributed by atoms with E-state index < -0.39 is 11.9 Å². The highest BCUT2D eigenvalue weighted by atomic mass is 19.1. The number of benzene rings is 2. The summed E-state index contributed by atoms with van der Waals surface area (Å²) in [6.07, 6.45) is -0.0835. The largest absolute Gasteiger partial charge is 0.357 e. The van der Waals surface area contributed by atoms with Gasteiger partial charge in [0, 0.05) is 13.6 Å². The molecule has 5 heteroatoms. The Kier molecular flexibility index (Phi) is 6.28. The van der Waals surface area contributed by atoms with Crippen LogP contribution < -0.4 is 5.32 Å². The summed E-state index contributed by atoms with van der Waals surface area (Å²) in [6.45, 7) is 3.94. The predicted molar refractivity (Wildman–Crippen MR) is 95.4 cm³/mol. The third-order valence-electron chi connectivity index (χ3n) is 4.15. The number of halogens is 1. The Labute approximate surface area is 147 Å². The first kappa shape index (κ1) is 18.6. The van der Waals surface area contributed by atoms with Crippen molar-refractivity contribution >= 4 is 11.8 Å². The van der Waals surface area contributed by atoms with Crippen molar-refractivity contribution in [3.05, 3.63) is 71.0 Å². The first-order chi connectivity index (χ1) is 11.9. The van der Waals surface area contributed by atoms with E-state index in [1.54, 1.807) is 25.1 Å². The lowest BCUT2D eigenvalue weighted by Gasteiger charge is -2.28. The number of likely N-dealkylation sites (N-methyl/N-ethyl adjacent to an activating group) is 1. The molecular formula is C20H23FN2O2. The zero-order valence-corrected chi connectivity index (χ0v) is 14.8. The molecule has 0 aliphatic carbocycles. The van der Waals surface area contributed by atoms with E-state index >= 15 is 0 Å². The van der Waals surface area contributed by atoms with Crippen LogP contribution >= 0.6 is 0 Å². The highest BCUT2D eigenvalue weighted by Gasteiger charge is 2.26. The van der Waals surface area contributed by atoms with E-state index in [-0.39, 0.29) is 18.2 Å². The monoisotopic (exact) mass is 342 g/mol. The standard InChI is InChI=1S/C20H23FN2O2/c1-14-7-6-8-16(11-14)13-23(15(2)20(25)22-3)19(24)12-17-9-4-5-10-18(17)21/h4-11,15H,12-13H2,1-3H3,(H,22,25). The van der Waals surface area contributed by atoms with Gasteiger partial charge in [0.1, 0.15) is 11.9 Å². The van der Waals surface area contributed by atoms with Gasteiger partial charge in [-0.3, -0.25) is 9.59 Å². The highest BCUT2D eigenvalue weighted by Crippen LogP contribution is 2.15. The molecule has 0 radical (unpaired) electrons. The van der Waals surface area contributed by atoms with E-state index in [0.29, 0.717) is 12.1 Å². The fourth-order valence-corrected chi connectivity index (χ4v) is 2.70. The molecule has 0 spiro atoms. The van der Waals surface area contributed by atoms with Crippen LogP contribution in [0.2, 0.25) is 0 Å². The molecule has 1 unspecified atom stereocenters. The fraction of sp³-hybridized carbons (Fsp3) is 0.300. The van der Waals surface area contributed by atoms with Crippen molar-refractivity contribution in [3.8, 4) is 0 Å². The van der Waals surface area contributed by atoms with E-state index in [1.165, 1.54) is 18.0 Å². The normalized spacial score (nSPS) is 11.7. The van der Waals surface area contributed by atoms with Gasteiger partial charge in [0.2, 0.25) is 11.8 Å². The van der Waals surface area contributed by atoms with E-state index in [0.717, 1.165) is 11.1 Å². The van der Waals surface area contributed by atoms with E-state index in [2.05, 4.69) is 5.32 Å². The number of nitrogens with zero attached hydrogens (tertiary/aromatic N) is 1. The Bertz CT molecular complexity index is 761. The molecule has 0 bridgehead atoms. The summed E-state index contributed by atoms with van der Waals surface area (Å²) in [5, 5.41) is 2.57. The summed E-state index contributed by atoms with van der Waals surface area (Å²) in [7, 11) is 1.53. The summed E-state index contributed by atoms with van der Waals surface area (Å²) in [5.41, 5.74) is 2.33. The molecule has 0 aliphatic heterocycles. The first-order valence-corrected chi connectivity index (χ1v) is 8.22. The number of rotatable bonds is 6. The van der Waals surface area contributed by atoms with Gasteiger partial charge in [0.15, 0.2) is 0 Å². The van der Waals surface area contributed by atoms with Crippen molar-refractivity contribution in [2.75, 3.05) is 7.05 Å². The minimum Gasteiger partial charge on any atom is -0.357 e. The zero-order chi connectivity index (χ0) is 18.4. The molecule has 2 aromatic carbocycles. The summed E-state index contributed by atoms with van der Waals surface area (Å²) in [6, 6.07) is 13.3. The van der Waals surface area contributed by atoms with Gasteiger partial charge in [0.25, 0.3) is 0 Å². The summed E-state index contributed by atoms with van der Waals surface area (Å²) in [4.78, 5) is 26.3. The number of hydrogen-bond donors (Lipinski definition) is 1. The quantitative estimate of drug-likeness (QED) is 0.878. The van der Waals surface area contributed by atoms with Gasteiger partial charge in [0.05, 0.1) is 6.42 Å². The van der Waals surface area contributed by atoms with Crippen LogP contribution in [0.1, 0.15) is 23.6 Å². The third kappa shape index (κ3) is 4.89. The van der Waals surface area contributed by atoms with Gasteiger partial charge in [-0.05, 0) is 31.0 Å². The van der Waals surface area contributed by atoms with E-state index in [4.69, 9.17) is 0 Å². The van der Waals surface area contributed by atoms with Crippen molar-refractivity contribution in [1.82, 2.24) is 10.2 Å². The van der Waals surface area contributed by atoms with Crippen LogP contribution in [0.4, 0.5) is 4.39 Å². The summed E-state index contributed by atoms with van der Waals surface area (Å²) < 4.78 is 13.9. The molecule has 2 rings (SSSR count). The average Bonchev–Trinajstić information content (AvgIpc) is 2.60. The number of nitrogens with one attached hydrogen (secondary N) is 1. The van der Waals surface area contributed by atoms with Crippen LogP contribution in [-0.4, -0.2) is 29.8 Å². The van der Waals surface area contributed by atoms with Crippen LogP contribution in [0, 0.1) is 12.7 Å². The van der Waals surface area contributed by atoms with Crippen molar-refractivity contribution in [1.29, 1.82) is 0 Å². The number of carbonyl (C=O) groups is 2. The van der Waals surface area contributed by atoms with Crippen LogP contribution in [0.3, 0.4) is 0 Å². The SMILES string of the molecule is CNC(=O)C(C)N(Cc1cccc(C)c1)C(=O)Cc1ccccc1F. The highest BCUT2D eigenvalue weighted by molar-refractivity contribution is 5.88. The average molecular weight is 342 g/mol. The molecule has 132 valence electrons. The Morgan fingerprint density at radius 1 is 1.16 bits per heavy atom. The Balaban J connectivity index is 2.25. The molecule has 2 aromatic rings. The molecule has 1 N–H and O–H groups in total. The van der Waals surface area contributed by atoms with Crippen LogP contribution in [0.25, 0.3) is 0 Å². The molecule has 0 saturated heterocycles. The molecule has 4 nitrogen and oxygen atoms in total. The number of amides is 2. The summed E-state index contributed by atoms with van der Waals surface area (Å²) in [5.74, 6) is -0.962. The maximum atomic E-state index is 13.9. The van der Waals surface area contributed by atoms with Gasteiger partial charge < -0.3 is 10.2 Å². The fourth-order valence-electron chi connectivity index (χ4n) is 2.70. The van der Waals surface area contributed by atoms with E-state index in [1.807, 2.05) is 31.2 Å². The summed E-state index contributed by atoms with van der Waals surface area (Å²) >= 11 is 0. The second-order valence-electron chi connectivity index (χ2n) is 6.07. The molecule has 0 aliphatic rings. The maximum absolute atomic E-state index is 13.9. The second-order valence-corrected chi connectivity index (χ2v) is 6.07. The van der Waals surface area contributed by atoms with Crippen molar-refractivity contribution < 1.29 is 14.0 Å². The molecular weight excluding hydrogens is 319 g/mol. The second kappa shape index (κ2) is 8.42. The topological polar surface area (TPSA) is 49.4 Å². The van der Waals surface area contributed by atoms with Crippen molar-refractivity contribution in [2.45, 2.75) is 32.9 Å². The van der Waals surface area contributed by atoms with Crippen LogP contribution in [0.15, 0.2) is 48.5 Å². The van der Waals surface area contributed by atoms with Crippen LogP contribution in [0.5, 0.6) is 0 Å². The zero-order valence-electron chi connectivity index (χ0n) is 14.8. The van der Waals surface area contributed by atoms with Gasteiger partial charge in [-0.25, -0.2) is 4.39 Å². The van der Waals surface area contributed by atoms with Crippen LogP contribution in [-0.2, 0) is 22.6 Å². The minimum atomic E-state index is -0.648.